The minimum Gasteiger partial charge on any atom is -0.334 e. The number of benzene rings is 1. The first kappa shape index (κ1) is 19.4. The van der Waals surface area contributed by atoms with E-state index in [0.29, 0.717) is 19.0 Å². The molecule has 1 aromatic carbocycles. The first-order valence-electron chi connectivity index (χ1n) is 7.74. The van der Waals surface area contributed by atoms with Gasteiger partial charge in [-0.15, -0.1) is 0 Å². The molecule has 0 fully saturated rings. The Kier molecular flexibility index (Phi) is 7.02. The fourth-order valence-corrected chi connectivity index (χ4v) is 2.84. The summed E-state index contributed by atoms with van der Waals surface area (Å²) in [5, 5.41) is 2.88. The van der Waals surface area contributed by atoms with E-state index in [2.05, 4.69) is 23.9 Å². The number of hydrogen-bond donors (Lipinski definition) is 2. The molecule has 6 nitrogen and oxygen atoms in total. The summed E-state index contributed by atoms with van der Waals surface area (Å²) in [6, 6.07) is 6.48. The Morgan fingerprint density at radius 2 is 1.70 bits per heavy atom. The van der Waals surface area contributed by atoms with Gasteiger partial charge in [0.15, 0.2) is 0 Å². The van der Waals surface area contributed by atoms with Gasteiger partial charge in [0.2, 0.25) is 10.0 Å². The van der Waals surface area contributed by atoms with Crippen molar-refractivity contribution < 1.29 is 13.2 Å². The van der Waals surface area contributed by atoms with Crippen LogP contribution in [0, 0.1) is 5.92 Å². The average molecular weight is 341 g/mol. The molecule has 0 spiro atoms. The highest BCUT2D eigenvalue weighted by Gasteiger charge is 2.17. The Labute approximate surface area is 139 Å². The summed E-state index contributed by atoms with van der Waals surface area (Å²) in [7, 11) is -2.06. The van der Waals surface area contributed by atoms with Crippen LogP contribution in [0.15, 0.2) is 29.2 Å². The Hall–Kier alpha value is -1.60. The smallest absolute Gasteiger partial charge is 0.317 e. The number of carbonyl (C=O) groups is 1. The molecule has 0 atom stereocenters. The molecule has 0 aromatic heterocycles. The lowest BCUT2D eigenvalue weighted by atomic mass is 10.2. The van der Waals surface area contributed by atoms with Gasteiger partial charge in [0, 0.05) is 19.1 Å². The van der Waals surface area contributed by atoms with Crippen LogP contribution in [-0.2, 0) is 16.6 Å². The van der Waals surface area contributed by atoms with Crippen molar-refractivity contribution in [2.45, 2.75) is 45.2 Å². The third kappa shape index (κ3) is 5.84. The van der Waals surface area contributed by atoms with Gasteiger partial charge in [0.05, 0.1) is 4.90 Å². The Morgan fingerprint density at radius 3 is 2.13 bits per heavy atom. The van der Waals surface area contributed by atoms with Crippen LogP contribution in [-0.4, -0.2) is 39.0 Å². The lowest BCUT2D eigenvalue weighted by molar-refractivity contribution is 0.174. The summed E-state index contributed by atoms with van der Waals surface area (Å²) in [4.78, 5) is 14.3. The van der Waals surface area contributed by atoms with Gasteiger partial charge < -0.3 is 10.2 Å². The van der Waals surface area contributed by atoms with Crippen molar-refractivity contribution >= 4 is 16.1 Å². The normalized spacial score (nSPS) is 11.8. The number of urea groups is 1. The quantitative estimate of drug-likeness (QED) is 0.798. The van der Waals surface area contributed by atoms with Crippen LogP contribution in [0.5, 0.6) is 0 Å². The Morgan fingerprint density at radius 1 is 1.13 bits per heavy atom. The molecule has 0 aliphatic heterocycles. The second-order valence-corrected chi connectivity index (χ2v) is 8.04. The number of rotatable bonds is 7. The zero-order valence-electron chi connectivity index (χ0n) is 14.5. The van der Waals surface area contributed by atoms with E-state index in [0.717, 1.165) is 5.56 Å². The second-order valence-electron chi connectivity index (χ2n) is 6.15. The van der Waals surface area contributed by atoms with Crippen molar-refractivity contribution in [2.75, 3.05) is 13.6 Å². The van der Waals surface area contributed by atoms with Crippen LogP contribution < -0.4 is 10.0 Å². The molecule has 1 rings (SSSR count). The summed E-state index contributed by atoms with van der Waals surface area (Å²) in [5.74, 6) is 0.397. The maximum Gasteiger partial charge on any atom is 0.317 e. The summed E-state index contributed by atoms with van der Waals surface area (Å²) >= 11 is 0. The van der Waals surface area contributed by atoms with Crippen LogP contribution in [0.1, 0.15) is 33.3 Å². The van der Waals surface area contributed by atoms with Crippen molar-refractivity contribution in [3.05, 3.63) is 29.8 Å². The highest BCUT2D eigenvalue weighted by atomic mass is 32.2. The molecule has 23 heavy (non-hydrogen) atoms. The standard InChI is InChI=1S/C16H27N3O3S/c1-12(2)11-19(13(3)4)16(20)18-10-14-6-8-15(9-7-14)23(21,22)17-5/h6-9,12-13,17H,10-11H2,1-5H3,(H,18,20). The van der Waals surface area contributed by atoms with E-state index in [1.165, 1.54) is 19.2 Å². The number of carbonyl (C=O) groups excluding carboxylic acids is 1. The molecule has 0 unspecified atom stereocenters. The van der Waals surface area contributed by atoms with Crippen LogP contribution in [0.3, 0.4) is 0 Å². The van der Waals surface area contributed by atoms with E-state index in [1.807, 2.05) is 13.8 Å². The first-order chi connectivity index (χ1) is 10.7. The predicted octanol–water partition coefficient (Wildman–Crippen LogP) is 2.17. The van der Waals surface area contributed by atoms with Crippen molar-refractivity contribution in [3.8, 4) is 0 Å². The zero-order valence-corrected chi connectivity index (χ0v) is 15.3. The van der Waals surface area contributed by atoms with Crippen molar-refractivity contribution in [1.29, 1.82) is 0 Å². The van der Waals surface area contributed by atoms with Gasteiger partial charge in [-0.05, 0) is 44.5 Å². The monoisotopic (exact) mass is 341 g/mol. The molecule has 0 bridgehead atoms. The van der Waals surface area contributed by atoms with Crippen LogP contribution in [0.2, 0.25) is 0 Å². The second kappa shape index (κ2) is 8.31. The van der Waals surface area contributed by atoms with Gasteiger partial charge in [-0.3, -0.25) is 0 Å². The molecule has 0 saturated carbocycles. The molecule has 2 amide bonds. The average Bonchev–Trinajstić information content (AvgIpc) is 2.50. The Bertz CT molecular complexity index is 610. The van der Waals surface area contributed by atoms with Crippen LogP contribution in [0.25, 0.3) is 0 Å². The SMILES string of the molecule is CNS(=O)(=O)c1ccc(CNC(=O)N(CC(C)C)C(C)C)cc1. The number of nitrogens with one attached hydrogen (secondary N) is 2. The number of nitrogens with zero attached hydrogens (tertiary/aromatic N) is 1. The van der Waals surface area contributed by atoms with E-state index in [4.69, 9.17) is 0 Å². The third-order valence-corrected chi connectivity index (χ3v) is 4.82. The maximum absolute atomic E-state index is 12.3. The molecule has 0 saturated heterocycles. The lowest BCUT2D eigenvalue weighted by Gasteiger charge is -2.28. The zero-order chi connectivity index (χ0) is 17.6. The predicted molar refractivity (Wildman–Crippen MR) is 91.6 cm³/mol. The lowest BCUT2D eigenvalue weighted by Crippen LogP contribution is -2.45. The van der Waals surface area contributed by atoms with Crippen molar-refractivity contribution in [2.24, 2.45) is 5.92 Å². The van der Waals surface area contributed by atoms with Crippen LogP contribution in [0.4, 0.5) is 4.79 Å². The minimum atomic E-state index is -3.43. The summed E-state index contributed by atoms with van der Waals surface area (Å²) in [6.07, 6.45) is 0. The summed E-state index contributed by atoms with van der Waals surface area (Å²) in [5.41, 5.74) is 0.849. The molecular formula is C16H27N3O3S. The summed E-state index contributed by atoms with van der Waals surface area (Å²) < 4.78 is 25.6. The van der Waals surface area contributed by atoms with Crippen molar-refractivity contribution in [3.63, 3.8) is 0 Å². The number of hydrogen-bond acceptors (Lipinski definition) is 3. The van der Waals surface area contributed by atoms with Gasteiger partial charge >= 0.3 is 6.03 Å². The van der Waals surface area contributed by atoms with E-state index in [1.54, 1.807) is 17.0 Å². The van der Waals surface area contributed by atoms with E-state index >= 15 is 0 Å². The van der Waals surface area contributed by atoms with E-state index in [-0.39, 0.29) is 17.0 Å². The fraction of sp³-hybridized carbons (Fsp3) is 0.562. The molecule has 0 heterocycles. The largest absolute Gasteiger partial charge is 0.334 e. The highest BCUT2D eigenvalue weighted by molar-refractivity contribution is 7.89. The molecule has 130 valence electrons. The molecule has 0 aliphatic carbocycles. The number of amides is 2. The fourth-order valence-electron chi connectivity index (χ4n) is 2.11. The van der Waals surface area contributed by atoms with Crippen molar-refractivity contribution in [1.82, 2.24) is 14.9 Å². The topological polar surface area (TPSA) is 78.5 Å². The van der Waals surface area contributed by atoms with Gasteiger partial charge in [0.25, 0.3) is 0 Å². The van der Waals surface area contributed by atoms with E-state index in [9.17, 15) is 13.2 Å². The van der Waals surface area contributed by atoms with Gasteiger partial charge in [-0.2, -0.15) is 0 Å². The molecular weight excluding hydrogens is 314 g/mol. The van der Waals surface area contributed by atoms with Gasteiger partial charge in [-0.1, -0.05) is 26.0 Å². The first-order valence-corrected chi connectivity index (χ1v) is 9.22. The van der Waals surface area contributed by atoms with Gasteiger partial charge in [0.1, 0.15) is 0 Å². The highest BCUT2D eigenvalue weighted by Crippen LogP contribution is 2.10. The molecule has 0 aliphatic rings. The molecule has 2 N–H and O–H groups in total. The van der Waals surface area contributed by atoms with Gasteiger partial charge in [-0.25, -0.2) is 17.9 Å². The van der Waals surface area contributed by atoms with Crippen LogP contribution >= 0.6 is 0 Å². The number of sulfonamides is 1. The van der Waals surface area contributed by atoms with E-state index < -0.39 is 10.0 Å². The molecule has 7 heteroatoms. The molecule has 0 radical (unpaired) electrons. The minimum absolute atomic E-state index is 0.111. The maximum atomic E-state index is 12.3. The third-order valence-electron chi connectivity index (χ3n) is 3.39. The molecule has 1 aromatic rings. The Balaban J connectivity index is 2.69. The summed E-state index contributed by atoms with van der Waals surface area (Å²) in [6.45, 7) is 9.18.